The number of carbonyl (C=O) groups is 1. The van der Waals surface area contributed by atoms with E-state index >= 15 is 0 Å². The highest BCUT2D eigenvalue weighted by molar-refractivity contribution is 5.77. The van der Waals surface area contributed by atoms with E-state index < -0.39 is 11.7 Å². The van der Waals surface area contributed by atoms with Crippen molar-refractivity contribution < 1.29 is 22.5 Å². The molecular formula is C13H11F3N2O2. The minimum atomic E-state index is -4.38. The minimum absolute atomic E-state index is 0.0477. The lowest BCUT2D eigenvalue weighted by Gasteiger charge is -2.07. The Morgan fingerprint density at radius 3 is 2.75 bits per heavy atom. The monoisotopic (exact) mass is 284 g/mol. The van der Waals surface area contributed by atoms with Gasteiger partial charge in [0.1, 0.15) is 5.78 Å². The molecule has 4 nitrogen and oxygen atoms in total. The van der Waals surface area contributed by atoms with Crippen molar-refractivity contribution in [2.24, 2.45) is 0 Å². The van der Waals surface area contributed by atoms with Crippen LogP contribution in [0.25, 0.3) is 0 Å². The Labute approximate surface area is 112 Å². The summed E-state index contributed by atoms with van der Waals surface area (Å²) in [5.41, 5.74) is -0.309. The highest BCUT2D eigenvalue weighted by Crippen LogP contribution is 2.29. The summed E-state index contributed by atoms with van der Waals surface area (Å²) in [6.45, 7) is 1.39. The fraction of sp³-hybridized carbons (Fsp3) is 0.308. The van der Waals surface area contributed by atoms with E-state index in [1.807, 2.05) is 0 Å². The molecule has 1 aromatic heterocycles. The van der Waals surface area contributed by atoms with Gasteiger partial charge in [0.25, 0.3) is 0 Å². The molecule has 0 bridgehead atoms. The smallest absolute Gasteiger partial charge is 0.339 e. The van der Waals surface area contributed by atoms with Gasteiger partial charge in [-0.05, 0) is 18.6 Å². The average molecular weight is 284 g/mol. The van der Waals surface area contributed by atoms with E-state index in [4.69, 9.17) is 4.52 Å². The summed E-state index contributed by atoms with van der Waals surface area (Å²) in [7, 11) is 0. The topological polar surface area (TPSA) is 56.0 Å². The number of hydrogen-bond donors (Lipinski definition) is 0. The molecule has 0 saturated heterocycles. The third-order valence-corrected chi connectivity index (χ3v) is 2.53. The quantitative estimate of drug-likeness (QED) is 0.866. The van der Waals surface area contributed by atoms with E-state index in [9.17, 15) is 18.0 Å². The first kappa shape index (κ1) is 14.2. The van der Waals surface area contributed by atoms with Crippen molar-refractivity contribution in [3.63, 3.8) is 0 Å². The Hall–Kier alpha value is -2.18. The minimum Gasteiger partial charge on any atom is -0.339 e. The molecule has 0 amide bonds. The SMILES string of the molecule is CC(=O)Cc1noc(Cc2cccc(C(F)(F)F)c2)n1. The zero-order valence-electron chi connectivity index (χ0n) is 10.6. The number of ketones is 1. The second-order valence-electron chi connectivity index (χ2n) is 4.36. The van der Waals surface area contributed by atoms with Crippen LogP contribution in [0.4, 0.5) is 13.2 Å². The van der Waals surface area contributed by atoms with Gasteiger partial charge in [-0.2, -0.15) is 18.2 Å². The maximum Gasteiger partial charge on any atom is 0.416 e. The Balaban J connectivity index is 2.14. The molecule has 2 rings (SSSR count). The van der Waals surface area contributed by atoms with Crippen molar-refractivity contribution in [2.45, 2.75) is 25.9 Å². The second kappa shape index (κ2) is 5.44. The first-order valence-electron chi connectivity index (χ1n) is 5.81. The Kier molecular flexibility index (Phi) is 3.87. The lowest BCUT2D eigenvalue weighted by atomic mass is 10.1. The number of rotatable bonds is 4. The number of hydrogen-bond acceptors (Lipinski definition) is 4. The van der Waals surface area contributed by atoms with Gasteiger partial charge < -0.3 is 4.52 Å². The normalized spacial score (nSPS) is 11.6. The lowest BCUT2D eigenvalue weighted by molar-refractivity contribution is -0.137. The van der Waals surface area contributed by atoms with Crippen molar-refractivity contribution >= 4 is 5.78 Å². The van der Waals surface area contributed by atoms with Gasteiger partial charge in [0.15, 0.2) is 5.82 Å². The van der Waals surface area contributed by atoms with Crippen LogP contribution in [0.2, 0.25) is 0 Å². The van der Waals surface area contributed by atoms with Crippen LogP contribution in [0.3, 0.4) is 0 Å². The van der Waals surface area contributed by atoms with E-state index in [0.717, 1.165) is 12.1 Å². The molecule has 0 aliphatic heterocycles. The molecule has 7 heteroatoms. The third kappa shape index (κ3) is 3.66. The lowest BCUT2D eigenvalue weighted by Crippen LogP contribution is -2.05. The highest BCUT2D eigenvalue weighted by atomic mass is 19.4. The number of halogens is 3. The molecule has 1 heterocycles. The predicted octanol–water partition coefficient (Wildman–Crippen LogP) is 2.81. The Morgan fingerprint density at radius 1 is 1.35 bits per heavy atom. The van der Waals surface area contributed by atoms with Gasteiger partial charge in [-0.25, -0.2) is 0 Å². The zero-order chi connectivity index (χ0) is 14.8. The van der Waals surface area contributed by atoms with Crippen molar-refractivity contribution in [1.29, 1.82) is 0 Å². The maximum absolute atomic E-state index is 12.6. The van der Waals surface area contributed by atoms with Crippen LogP contribution < -0.4 is 0 Å². The van der Waals surface area contributed by atoms with Gasteiger partial charge in [0, 0.05) is 0 Å². The summed E-state index contributed by atoms with van der Waals surface area (Å²) >= 11 is 0. The van der Waals surface area contributed by atoms with Crippen LogP contribution in [0, 0.1) is 0 Å². The summed E-state index contributed by atoms with van der Waals surface area (Å²) in [5, 5.41) is 3.59. The van der Waals surface area contributed by atoms with Gasteiger partial charge in [-0.1, -0.05) is 23.4 Å². The molecule has 0 spiro atoms. The molecule has 0 unspecified atom stereocenters. The number of benzene rings is 1. The molecule has 20 heavy (non-hydrogen) atoms. The van der Waals surface area contributed by atoms with Crippen LogP contribution in [0.15, 0.2) is 28.8 Å². The molecule has 106 valence electrons. The Morgan fingerprint density at radius 2 is 2.10 bits per heavy atom. The summed E-state index contributed by atoms with van der Waals surface area (Å²) in [4.78, 5) is 14.8. The first-order chi connectivity index (χ1) is 9.34. The van der Waals surface area contributed by atoms with Gasteiger partial charge >= 0.3 is 6.18 Å². The van der Waals surface area contributed by atoms with Gasteiger partial charge in [0.05, 0.1) is 18.4 Å². The van der Waals surface area contributed by atoms with Gasteiger partial charge in [0.2, 0.25) is 5.89 Å². The third-order valence-electron chi connectivity index (χ3n) is 2.53. The number of nitrogens with zero attached hydrogens (tertiary/aromatic N) is 2. The van der Waals surface area contributed by atoms with Gasteiger partial charge in [-0.3, -0.25) is 4.79 Å². The first-order valence-corrected chi connectivity index (χ1v) is 5.81. The van der Waals surface area contributed by atoms with Crippen LogP contribution >= 0.6 is 0 Å². The summed E-state index contributed by atoms with van der Waals surface area (Å²) in [6.07, 6.45) is -4.24. The van der Waals surface area contributed by atoms with Crippen LogP contribution in [0.1, 0.15) is 29.8 Å². The molecule has 0 aliphatic rings. The maximum atomic E-state index is 12.6. The van der Waals surface area contributed by atoms with E-state index in [2.05, 4.69) is 10.1 Å². The molecule has 0 atom stereocenters. The molecule has 1 aromatic carbocycles. The molecule has 0 N–H and O–H groups in total. The second-order valence-corrected chi connectivity index (χ2v) is 4.36. The van der Waals surface area contributed by atoms with Crippen LogP contribution in [-0.4, -0.2) is 15.9 Å². The summed E-state index contributed by atoms with van der Waals surface area (Å²) < 4.78 is 42.6. The highest BCUT2D eigenvalue weighted by Gasteiger charge is 2.30. The summed E-state index contributed by atoms with van der Waals surface area (Å²) in [5.74, 6) is 0.302. The molecule has 0 aliphatic carbocycles. The number of Topliss-reactive ketones (excluding diaryl/α,β-unsaturated/α-hetero) is 1. The van der Waals surface area contributed by atoms with Crippen molar-refractivity contribution in [2.75, 3.05) is 0 Å². The molecule has 0 fully saturated rings. The van der Waals surface area contributed by atoms with E-state index in [-0.39, 0.29) is 30.3 Å². The number of aromatic nitrogens is 2. The largest absolute Gasteiger partial charge is 0.416 e. The van der Waals surface area contributed by atoms with Crippen LogP contribution in [0.5, 0.6) is 0 Å². The standard InChI is InChI=1S/C13H11F3N2O2/c1-8(19)5-11-17-12(20-18-11)7-9-3-2-4-10(6-9)13(14,15)16/h2-4,6H,5,7H2,1H3. The molecular weight excluding hydrogens is 273 g/mol. The molecule has 0 saturated carbocycles. The van der Waals surface area contributed by atoms with Crippen molar-refractivity contribution in [3.05, 3.63) is 47.1 Å². The van der Waals surface area contributed by atoms with Crippen molar-refractivity contribution in [1.82, 2.24) is 10.1 Å². The predicted molar refractivity (Wildman–Crippen MR) is 62.9 cm³/mol. The number of alkyl halides is 3. The Bertz CT molecular complexity index is 620. The fourth-order valence-corrected chi connectivity index (χ4v) is 1.69. The van der Waals surface area contributed by atoms with Crippen LogP contribution in [-0.2, 0) is 23.8 Å². The zero-order valence-corrected chi connectivity index (χ0v) is 10.6. The molecule has 0 radical (unpaired) electrons. The summed E-state index contributed by atoms with van der Waals surface area (Å²) in [6, 6.07) is 4.91. The molecule has 2 aromatic rings. The van der Waals surface area contributed by atoms with E-state index in [1.54, 1.807) is 6.07 Å². The van der Waals surface area contributed by atoms with E-state index in [0.29, 0.717) is 5.56 Å². The number of carbonyl (C=O) groups excluding carboxylic acids is 1. The fourth-order valence-electron chi connectivity index (χ4n) is 1.69. The van der Waals surface area contributed by atoms with Gasteiger partial charge in [-0.15, -0.1) is 0 Å². The average Bonchev–Trinajstić information content (AvgIpc) is 2.75. The van der Waals surface area contributed by atoms with Crippen molar-refractivity contribution in [3.8, 4) is 0 Å². The van der Waals surface area contributed by atoms with E-state index in [1.165, 1.54) is 13.0 Å².